The van der Waals surface area contributed by atoms with Crippen molar-refractivity contribution in [1.29, 1.82) is 0 Å². The van der Waals surface area contributed by atoms with E-state index in [-0.39, 0.29) is 20.1 Å². The Labute approximate surface area is 132 Å². The van der Waals surface area contributed by atoms with Gasteiger partial charge in [0.25, 0.3) is 20.1 Å². The van der Waals surface area contributed by atoms with Crippen molar-refractivity contribution in [3.05, 3.63) is 60.2 Å². The summed E-state index contributed by atoms with van der Waals surface area (Å²) in [4.78, 5) is 11.7. The summed E-state index contributed by atoms with van der Waals surface area (Å²) in [6.45, 7) is 2.56. The van der Waals surface area contributed by atoms with Gasteiger partial charge in [-0.05, 0) is 30.2 Å². The molecular weight excluding hydrogens is 273 g/mol. The third-order valence-corrected chi connectivity index (χ3v) is 2.57. The lowest BCUT2D eigenvalue weighted by Gasteiger charge is -2.05. The van der Waals surface area contributed by atoms with E-state index in [9.17, 15) is 4.79 Å². The first kappa shape index (κ1) is 17.5. The van der Waals surface area contributed by atoms with E-state index >= 15 is 0 Å². The molecule has 2 aromatic carbocycles. The van der Waals surface area contributed by atoms with Crippen LogP contribution >= 0.6 is 0 Å². The molecule has 110 valence electrons. The van der Waals surface area contributed by atoms with E-state index < -0.39 is 0 Å². The Morgan fingerprint density at radius 1 is 0.952 bits per heavy atom. The highest BCUT2D eigenvalue weighted by atomic mass is 27.2. The van der Waals surface area contributed by atoms with E-state index in [2.05, 4.69) is 22.7 Å². The minimum Gasteiger partial charge on any atom is -0.352 e. The second kappa shape index (κ2) is 9.39. The lowest BCUT2D eigenvalue weighted by Crippen LogP contribution is -2.22. The van der Waals surface area contributed by atoms with Crippen LogP contribution in [0.4, 0.5) is 0 Å². The quantitative estimate of drug-likeness (QED) is 0.832. The van der Waals surface area contributed by atoms with Gasteiger partial charge in [0.2, 0.25) is 0 Å². The van der Waals surface area contributed by atoms with Gasteiger partial charge in [-0.15, -0.1) is 17.4 Å². The summed E-state index contributed by atoms with van der Waals surface area (Å²) >= 11 is -0.139. The van der Waals surface area contributed by atoms with Gasteiger partial charge in [0.05, 0.1) is 0 Å². The highest BCUT2D eigenvalue weighted by Gasteiger charge is 2.05. The molecule has 0 saturated carbocycles. The minimum absolute atomic E-state index is 0.0229. The van der Waals surface area contributed by atoms with Crippen molar-refractivity contribution in [3.8, 4) is 11.1 Å². The maximum absolute atomic E-state index is 11.7. The van der Waals surface area contributed by atoms with Gasteiger partial charge in [0.1, 0.15) is 0 Å². The van der Waals surface area contributed by atoms with Crippen LogP contribution < -0.4 is 5.32 Å². The summed E-state index contributed by atoms with van der Waals surface area (Å²) in [6, 6.07) is 17.7. The molecule has 1 N–H and O–H groups in total. The Kier molecular flexibility index (Phi) is 7.82. The van der Waals surface area contributed by atoms with Gasteiger partial charge in [-0.2, -0.15) is 0 Å². The molecule has 0 saturated heterocycles. The van der Waals surface area contributed by atoms with Crippen molar-refractivity contribution < 1.29 is 4.79 Å². The number of hydrogen-bond acceptors (Lipinski definition) is 1. The van der Waals surface area contributed by atoms with Gasteiger partial charge < -0.3 is 5.32 Å². The van der Waals surface area contributed by atoms with Crippen molar-refractivity contribution in [2.24, 2.45) is 0 Å². The molecule has 0 bridgehead atoms. The Hall–Kier alpha value is -1.56. The van der Waals surface area contributed by atoms with Gasteiger partial charge in [-0.25, -0.2) is 0 Å². The molecule has 0 aliphatic carbocycles. The largest absolute Gasteiger partial charge is 0.352 e. The molecule has 0 unspecified atom stereocenters. The van der Waals surface area contributed by atoms with Crippen LogP contribution in [0.25, 0.3) is 11.1 Å². The number of rotatable bonds is 3. The number of carbonyl (C=O) groups excluding carboxylic acids is 1. The number of benzene rings is 2. The molecule has 3 heteroatoms. The van der Waals surface area contributed by atoms with Crippen molar-refractivity contribution in [1.82, 2.24) is 5.32 Å². The first-order chi connectivity index (χ1) is 10.0. The second-order valence-electron chi connectivity index (χ2n) is 5.54. The molecule has 0 fully saturated rings. The van der Waals surface area contributed by atoms with Crippen LogP contribution in [0.5, 0.6) is 0 Å². The average molecular weight is 297 g/mol. The Morgan fingerprint density at radius 3 is 2.10 bits per heavy atom. The molecule has 2 aromatic rings. The molecule has 0 aliphatic heterocycles. The molecule has 2 nitrogen and oxygen atoms in total. The fourth-order valence-electron chi connectivity index (χ4n) is 1.73. The third kappa shape index (κ3) is 6.62. The first-order valence-electron chi connectivity index (χ1n) is 7.48. The summed E-state index contributed by atoms with van der Waals surface area (Å²) in [5, 5.41) is 2.80. The predicted molar refractivity (Wildman–Crippen MR) is 93.2 cm³/mol. The molecule has 0 atom stereocenters. The van der Waals surface area contributed by atoms with Crippen LogP contribution in [0.15, 0.2) is 54.6 Å². The van der Waals surface area contributed by atoms with Gasteiger partial charge in [0.15, 0.2) is 0 Å². The Morgan fingerprint density at radius 2 is 1.52 bits per heavy atom. The number of hydrogen-bond donors (Lipinski definition) is 1. The van der Waals surface area contributed by atoms with Gasteiger partial charge in [0, 0.05) is 12.1 Å². The standard InChI is InChI=1S/C15H15NO.3CH3.Al/c1-2-16-15(17)14-10-6-9-13(11-14)12-7-4-3-5-8-12;;;;/h3-11H,2H2,1H3,(H,16,17);3*1H3;. The van der Waals surface area contributed by atoms with Crippen LogP contribution in [0.1, 0.15) is 17.3 Å². The van der Waals surface area contributed by atoms with Crippen LogP contribution in [-0.2, 0) is 0 Å². The van der Waals surface area contributed by atoms with E-state index in [1.807, 2.05) is 61.5 Å². The summed E-state index contributed by atoms with van der Waals surface area (Å²) < 4.78 is 0. The highest BCUT2D eigenvalue weighted by Crippen LogP contribution is 2.19. The fourth-order valence-corrected chi connectivity index (χ4v) is 1.73. The lowest BCUT2D eigenvalue weighted by molar-refractivity contribution is 0.0956. The van der Waals surface area contributed by atoms with Crippen molar-refractivity contribution >= 4 is 20.1 Å². The second-order valence-corrected chi connectivity index (χ2v) is 9.00. The van der Waals surface area contributed by atoms with Crippen LogP contribution in [0.3, 0.4) is 0 Å². The minimum atomic E-state index is -0.139. The number of amides is 1. The number of carbonyl (C=O) groups is 1. The van der Waals surface area contributed by atoms with Crippen LogP contribution in [0, 0.1) is 0 Å². The van der Waals surface area contributed by atoms with E-state index in [4.69, 9.17) is 0 Å². The maximum atomic E-state index is 11.7. The predicted octanol–water partition coefficient (Wildman–Crippen LogP) is 4.47. The molecule has 0 radical (unpaired) electrons. The molecule has 0 spiro atoms. The molecule has 2 rings (SSSR count). The SMILES string of the molecule is CCNC(=O)c1cccc(-c2ccccc2)c1.[CH3][Al]([CH3])[CH3]. The van der Waals surface area contributed by atoms with Gasteiger partial charge >= 0.3 is 0 Å². The number of nitrogens with one attached hydrogen (secondary N) is 1. The molecule has 0 aliphatic rings. The third-order valence-electron chi connectivity index (χ3n) is 2.57. The molecule has 0 heterocycles. The summed E-state index contributed by atoms with van der Waals surface area (Å²) in [5.41, 5.74) is 2.89. The Bertz CT molecular complexity index is 549. The molecule has 21 heavy (non-hydrogen) atoms. The molecule has 1 amide bonds. The average Bonchev–Trinajstić information content (AvgIpc) is 2.48. The van der Waals surface area contributed by atoms with Crippen molar-refractivity contribution in [2.45, 2.75) is 24.3 Å². The van der Waals surface area contributed by atoms with E-state index in [1.165, 1.54) is 0 Å². The van der Waals surface area contributed by atoms with E-state index in [0.717, 1.165) is 11.1 Å². The van der Waals surface area contributed by atoms with E-state index in [0.29, 0.717) is 12.1 Å². The summed E-state index contributed by atoms with van der Waals surface area (Å²) in [6.07, 6.45) is 0. The zero-order chi connectivity index (χ0) is 15.7. The Balaban J connectivity index is 0.000000491. The zero-order valence-corrected chi connectivity index (χ0v) is 14.5. The fraction of sp³-hybridized carbons (Fsp3) is 0.278. The van der Waals surface area contributed by atoms with Crippen LogP contribution in [0.2, 0.25) is 17.4 Å². The van der Waals surface area contributed by atoms with Gasteiger partial charge in [-0.3, -0.25) is 4.79 Å². The topological polar surface area (TPSA) is 29.1 Å². The van der Waals surface area contributed by atoms with Gasteiger partial charge in [-0.1, -0.05) is 42.5 Å². The van der Waals surface area contributed by atoms with Crippen molar-refractivity contribution in [2.75, 3.05) is 6.54 Å². The monoisotopic (exact) mass is 297 g/mol. The zero-order valence-electron chi connectivity index (χ0n) is 13.4. The molecular formula is C18H24AlNO. The van der Waals surface area contributed by atoms with Crippen LogP contribution in [-0.4, -0.2) is 26.6 Å². The summed E-state index contributed by atoms with van der Waals surface area (Å²) in [5.74, 6) is 6.89. The van der Waals surface area contributed by atoms with Crippen molar-refractivity contribution in [3.63, 3.8) is 0 Å². The first-order valence-corrected chi connectivity index (χ1v) is 10.9. The highest BCUT2D eigenvalue weighted by molar-refractivity contribution is 6.54. The molecule has 0 aromatic heterocycles. The maximum Gasteiger partial charge on any atom is 0.251 e. The smallest absolute Gasteiger partial charge is 0.251 e. The normalized spacial score (nSPS) is 9.33. The summed E-state index contributed by atoms with van der Waals surface area (Å²) in [7, 11) is 0. The van der Waals surface area contributed by atoms with E-state index in [1.54, 1.807) is 0 Å². The lowest BCUT2D eigenvalue weighted by atomic mass is 10.0.